The van der Waals surface area contributed by atoms with Crippen molar-refractivity contribution < 1.29 is 18.7 Å². The third-order valence-corrected chi connectivity index (χ3v) is 4.39. The summed E-state index contributed by atoms with van der Waals surface area (Å²) in [5.74, 6) is -0.635. The van der Waals surface area contributed by atoms with Crippen molar-refractivity contribution in [2.24, 2.45) is 0 Å². The van der Waals surface area contributed by atoms with Crippen LogP contribution in [-0.4, -0.2) is 29.1 Å². The van der Waals surface area contributed by atoms with Crippen LogP contribution in [-0.2, 0) is 4.74 Å². The summed E-state index contributed by atoms with van der Waals surface area (Å²) >= 11 is 1.33. The Morgan fingerprint density at radius 3 is 2.48 bits per heavy atom. The lowest BCUT2D eigenvalue weighted by Crippen LogP contribution is -2.08. The highest BCUT2D eigenvalue weighted by atomic mass is 32.2. The van der Waals surface area contributed by atoms with Crippen molar-refractivity contribution in [3.05, 3.63) is 52.6 Å². The van der Waals surface area contributed by atoms with Gasteiger partial charge >= 0.3 is 5.97 Å². The molecule has 6 heteroatoms. The molecule has 0 saturated carbocycles. The summed E-state index contributed by atoms with van der Waals surface area (Å²) in [6.07, 6.45) is 0. The van der Waals surface area contributed by atoms with E-state index in [0.717, 1.165) is 4.90 Å². The molecule has 0 saturated heterocycles. The average Bonchev–Trinajstić information content (AvgIpc) is 2.82. The number of carbonyl (C=O) groups excluding carboxylic acids is 2. The molecule has 0 aliphatic heterocycles. The number of esters is 1. The molecule has 2 rings (SSSR count). The van der Waals surface area contributed by atoms with Crippen molar-refractivity contribution in [3.8, 4) is 0 Å². The first-order valence-electron chi connectivity index (χ1n) is 7.21. The van der Waals surface area contributed by atoms with Gasteiger partial charge in [-0.15, -0.1) is 11.8 Å². The molecule has 122 valence electrons. The second-order valence-corrected chi connectivity index (χ2v) is 6.06. The zero-order valence-electron chi connectivity index (χ0n) is 13.2. The first kappa shape index (κ1) is 17.3. The second kappa shape index (κ2) is 7.46. The number of H-pyrrole nitrogens is 1. The number of hydrogen-bond donors (Lipinski definition) is 1. The molecular formula is C17H18FNO3S. The van der Waals surface area contributed by atoms with Crippen LogP contribution >= 0.6 is 11.8 Å². The van der Waals surface area contributed by atoms with Gasteiger partial charge in [0.2, 0.25) is 0 Å². The van der Waals surface area contributed by atoms with Crippen LogP contribution in [0.2, 0.25) is 0 Å². The van der Waals surface area contributed by atoms with Crippen molar-refractivity contribution in [2.75, 3.05) is 12.4 Å². The largest absolute Gasteiger partial charge is 0.461 e. The monoisotopic (exact) mass is 335 g/mol. The number of aryl methyl sites for hydroxylation is 1. The number of halogens is 1. The smallest absolute Gasteiger partial charge is 0.355 e. The predicted molar refractivity (Wildman–Crippen MR) is 87.7 cm³/mol. The minimum absolute atomic E-state index is 0.0823. The van der Waals surface area contributed by atoms with Crippen molar-refractivity contribution >= 4 is 23.5 Å². The summed E-state index contributed by atoms with van der Waals surface area (Å²) in [4.78, 5) is 28.1. The molecular weight excluding hydrogens is 317 g/mol. The van der Waals surface area contributed by atoms with Crippen LogP contribution in [0.25, 0.3) is 0 Å². The maximum Gasteiger partial charge on any atom is 0.355 e. The van der Waals surface area contributed by atoms with Gasteiger partial charge in [-0.1, -0.05) is 0 Å². The maximum absolute atomic E-state index is 12.9. The Morgan fingerprint density at radius 2 is 1.87 bits per heavy atom. The van der Waals surface area contributed by atoms with Crippen LogP contribution in [0.15, 0.2) is 29.2 Å². The quantitative estimate of drug-likeness (QED) is 0.494. The van der Waals surface area contributed by atoms with Gasteiger partial charge in [-0.3, -0.25) is 4.79 Å². The van der Waals surface area contributed by atoms with E-state index in [-0.39, 0.29) is 24.0 Å². The van der Waals surface area contributed by atoms with Crippen LogP contribution in [0.4, 0.5) is 4.39 Å². The molecule has 0 spiro atoms. The third kappa shape index (κ3) is 4.01. The summed E-state index contributed by atoms with van der Waals surface area (Å²) in [6.45, 7) is 5.49. The lowest BCUT2D eigenvalue weighted by Gasteiger charge is -2.03. The summed E-state index contributed by atoms with van der Waals surface area (Å²) in [5.41, 5.74) is 2.09. The minimum Gasteiger partial charge on any atom is -0.461 e. The van der Waals surface area contributed by atoms with Crippen molar-refractivity contribution in [1.82, 2.24) is 4.98 Å². The molecule has 0 aliphatic carbocycles. The SMILES string of the molecule is CCOC(=O)c1[nH]c(C)c(C(=O)CSc2ccc(F)cc2)c1C. The molecule has 0 atom stereocenters. The number of benzene rings is 1. The Bertz CT molecular complexity index is 722. The number of ether oxygens (including phenoxy) is 1. The summed E-state index contributed by atoms with van der Waals surface area (Å²) in [6, 6.07) is 5.99. The summed E-state index contributed by atoms with van der Waals surface area (Å²) in [5, 5.41) is 0. The molecule has 4 nitrogen and oxygen atoms in total. The summed E-state index contributed by atoms with van der Waals surface area (Å²) in [7, 11) is 0. The highest BCUT2D eigenvalue weighted by Crippen LogP contribution is 2.24. The molecule has 0 radical (unpaired) electrons. The van der Waals surface area contributed by atoms with Gasteiger partial charge in [0.05, 0.1) is 12.4 Å². The molecule has 0 unspecified atom stereocenters. The predicted octanol–water partition coefficient (Wildman–Crippen LogP) is 3.92. The number of rotatable bonds is 6. The first-order valence-corrected chi connectivity index (χ1v) is 8.20. The van der Waals surface area contributed by atoms with E-state index >= 15 is 0 Å². The molecule has 0 fully saturated rings. The van der Waals surface area contributed by atoms with E-state index in [1.807, 2.05) is 0 Å². The van der Waals surface area contributed by atoms with E-state index in [4.69, 9.17) is 4.74 Å². The number of ketones is 1. The van der Waals surface area contributed by atoms with Gasteiger partial charge in [-0.05, 0) is 50.6 Å². The van der Waals surface area contributed by atoms with E-state index in [0.29, 0.717) is 22.5 Å². The van der Waals surface area contributed by atoms with Gasteiger partial charge < -0.3 is 9.72 Å². The number of carbonyl (C=O) groups is 2. The number of hydrogen-bond acceptors (Lipinski definition) is 4. The maximum atomic E-state index is 12.9. The van der Waals surface area contributed by atoms with Crippen LogP contribution < -0.4 is 0 Å². The molecule has 0 aliphatic rings. The molecule has 1 aromatic carbocycles. The Kier molecular flexibility index (Phi) is 5.60. The van der Waals surface area contributed by atoms with E-state index < -0.39 is 5.97 Å². The van der Waals surface area contributed by atoms with Gasteiger partial charge in [-0.25, -0.2) is 9.18 Å². The fourth-order valence-corrected chi connectivity index (χ4v) is 3.10. The fraction of sp³-hybridized carbons (Fsp3) is 0.294. The standard InChI is InChI=1S/C17H18FNO3S/c1-4-22-17(21)16-10(2)15(11(3)19-16)14(20)9-23-13-7-5-12(18)6-8-13/h5-8,19H,4,9H2,1-3H3. The van der Waals surface area contributed by atoms with Crippen molar-refractivity contribution in [1.29, 1.82) is 0 Å². The number of aromatic amines is 1. The lowest BCUT2D eigenvalue weighted by atomic mass is 10.1. The highest BCUT2D eigenvalue weighted by Gasteiger charge is 2.22. The average molecular weight is 335 g/mol. The Balaban J connectivity index is 2.13. The minimum atomic E-state index is -0.460. The van der Waals surface area contributed by atoms with Gasteiger partial charge in [-0.2, -0.15) is 0 Å². The van der Waals surface area contributed by atoms with E-state index in [1.165, 1.54) is 23.9 Å². The molecule has 1 aromatic heterocycles. The molecule has 23 heavy (non-hydrogen) atoms. The van der Waals surface area contributed by atoms with Crippen LogP contribution in [0.3, 0.4) is 0 Å². The molecule has 0 bridgehead atoms. The van der Waals surface area contributed by atoms with E-state index in [1.54, 1.807) is 32.9 Å². The topological polar surface area (TPSA) is 59.2 Å². The normalized spacial score (nSPS) is 10.6. The van der Waals surface area contributed by atoms with Crippen LogP contribution in [0.5, 0.6) is 0 Å². The molecule has 1 N–H and O–H groups in total. The fourth-order valence-electron chi connectivity index (χ4n) is 2.33. The Morgan fingerprint density at radius 1 is 1.22 bits per heavy atom. The number of nitrogens with one attached hydrogen (secondary N) is 1. The van der Waals surface area contributed by atoms with Crippen LogP contribution in [0.1, 0.15) is 39.0 Å². The molecule has 0 amide bonds. The number of aromatic nitrogens is 1. The molecule has 1 heterocycles. The first-order chi connectivity index (χ1) is 10.9. The van der Waals surface area contributed by atoms with Gasteiger partial charge in [0.25, 0.3) is 0 Å². The van der Waals surface area contributed by atoms with Gasteiger partial charge in [0, 0.05) is 16.2 Å². The van der Waals surface area contributed by atoms with E-state index in [2.05, 4.69) is 4.98 Å². The third-order valence-electron chi connectivity index (χ3n) is 3.38. The van der Waals surface area contributed by atoms with Gasteiger partial charge in [0.1, 0.15) is 11.5 Å². The van der Waals surface area contributed by atoms with Crippen molar-refractivity contribution in [2.45, 2.75) is 25.7 Å². The Labute approximate surface area is 138 Å². The second-order valence-electron chi connectivity index (χ2n) is 5.01. The van der Waals surface area contributed by atoms with Crippen molar-refractivity contribution in [3.63, 3.8) is 0 Å². The molecule has 2 aromatic rings. The number of thioether (sulfide) groups is 1. The lowest BCUT2D eigenvalue weighted by molar-refractivity contribution is 0.0519. The summed E-state index contributed by atoms with van der Waals surface area (Å²) < 4.78 is 17.8. The zero-order chi connectivity index (χ0) is 17.0. The number of Topliss-reactive ketones (excluding diaryl/α,β-unsaturated/α-hetero) is 1. The Hall–Kier alpha value is -2.08. The highest BCUT2D eigenvalue weighted by molar-refractivity contribution is 8.00. The zero-order valence-corrected chi connectivity index (χ0v) is 14.1. The van der Waals surface area contributed by atoms with E-state index in [9.17, 15) is 14.0 Å². The van der Waals surface area contributed by atoms with Gasteiger partial charge in [0.15, 0.2) is 5.78 Å². The van der Waals surface area contributed by atoms with Crippen LogP contribution in [0, 0.1) is 19.7 Å².